The van der Waals surface area contributed by atoms with Gasteiger partial charge in [-0.1, -0.05) is 18.2 Å². The lowest BCUT2D eigenvalue weighted by Crippen LogP contribution is -2.41. The number of sulfonamides is 1. The monoisotopic (exact) mass is 315 g/mol. The molecule has 0 aliphatic rings. The number of hydrogen-bond donors (Lipinski definition) is 0. The van der Waals surface area contributed by atoms with E-state index >= 15 is 0 Å². The molecule has 0 radical (unpaired) electrons. The zero-order valence-corrected chi connectivity index (χ0v) is 13.0. The third-order valence-corrected chi connectivity index (χ3v) is 3.54. The molecule has 0 fully saturated rings. The summed E-state index contributed by atoms with van der Waals surface area (Å²) in [5.41, 5.74) is -0.943. The molecule has 1 rings (SSSR count). The Morgan fingerprint density at radius 3 is 2.05 bits per heavy atom. The Bertz CT molecular complexity index is 618. The first-order valence-corrected chi connectivity index (χ1v) is 7.50. The van der Waals surface area contributed by atoms with Gasteiger partial charge in [-0.05, 0) is 37.4 Å². The number of ether oxygens (including phenoxy) is 1. The minimum absolute atomic E-state index is 0.0457. The largest absolute Gasteiger partial charge is 0.459 e. The molecule has 0 atom stereocenters. The number of carbonyl (C=O) groups excluding carboxylic acids is 2. The van der Waals surface area contributed by atoms with Gasteiger partial charge in [-0.3, -0.25) is 0 Å². The van der Waals surface area contributed by atoms with Crippen molar-refractivity contribution in [1.82, 2.24) is 4.47 Å². The van der Waals surface area contributed by atoms with Crippen LogP contribution in [0, 0.1) is 0 Å². The smallest absolute Gasteiger partial charge is 0.441 e. The van der Waals surface area contributed by atoms with E-state index in [0.29, 0.717) is 0 Å². The molecule has 0 bridgehead atoms. The molecule has 0 saturated heterocycles. The minimum atomic E-state index is -4.35. The summed E-state index contributed by atoms with van der Waals surface area (Å²) in [4.78, 5) is 27.3. The molecule has 0 N–H and O–H groups in total. The zero-order chi connectivity index (χ0) is 16.3. The molecule has 1 aromatic rings. The van der Waals surface area contributed by atoms with E-state index in [1.54, 1.807) is 26.8 Å². The summed E-state index contributed by atoms with van der Waals surface area (Å²) in [6.45, 7) is 5.67. The second kappa shape index (κ2) is 6.13. The van der Waals surface area contributed by atoms with Crippen molar-refractivity contribution in [2.45, 2.75) is 38.2 Å². The predicted octanol–water partition coefficient (Wildman–Crippen LogP) is 2.09. The summed E-state index contributed by atoms with van der Waals surface area (Å²) >= 11 is 0. The summed E-state index contributed by atoms with van der Waals surface area (Å²) < 4.78 is 29.6. The van der Waals surface area contributed by atoms with E-state index < -0.39 is 27.7 Å². The number of nitrogens with zero attached hydrogens (tertiary/aromatic N) is 1. The number of amides is 1. The first-order valence-electron chi connectivity index (χ1n) is 6.06. The quantitative estimate of drug-likeness (QED) is 0.776. The van der Waals surface area contributed by atoms with Crippen LogP contribution in [0.3, 0.4) is 0 Å². The van der Waals surface area contributed by atoms with Crippen molar-refractivity contribution in [3.63, 3.8) is 0 Å². The molecule has 7 nitrogen and oxygen atoms in total. The van der Waals surface area contributed by atoms with Crippen molar-refractivity contribution in [3.8, 4) is 0 Å². The summed E-state index contributed by atoms with van der Waals surface area (Å²) in [7, 11) is -4.35. The van der Waals surface area contributed by atoms with Gasteiger partial charge in [0.1, 0.15) is 5.60 Å². The van der Waals surface area contributed by atoms with Gasteiger partial charge in [0.05, 0.1) is 4.90 Å². The van der Waals surface area contributed by atoms with Crippen LogP contribution in [0.2, 0.25) is 0 Å². The third kappa shape index (κ3) is 4.75. The van der Waals surface area contributed by atoms with Crippen LogP contribution in [0.15, 0.2) is 35.2 Å². The Morgan fingerprint density at radius 2 is 1.62 bits per heavy atom. The standard InChI is InChI=1S/C13H17NO6S/c1-10(15)20-14(12(16)19-13(2,3)4)21(17,18)11-8-6-5-7-9-11/h5-9H,1-4H3. The normalized spacial score (nSPS) is 11.6. The highest BCUT2D eigenvalue weighted by molar-refractivity contribution is 7.89. The molecule has 0 aliphatic carbocycles. The average Bonchev–Trinajstić information content (AvgIpc) is 2.34. The molecule has 1 amide bonds. The molecule has 21 heavy (non-hydrogen) atoms. The van der Waals surface area contributed by atoms with Gasteiger partial charge in [0, 0.05) is 6.92 Å². The van der Waals surface area contributed by atoms with Crippen LogP contribution in [0.1, 0.15) is 27.7 Å². The third-order valence-electron chi connectivity index (χ3n) is 2.01. The van der Waals surface area contributed by atoms with Gasteiger partial charge in [-0.15, -0.1) is 0 Å². The van der Waals surface area contributed by atoms with E-state index in [4.69, 9.17) is 4.74 Å². The molecule has 8 heteroatoms. The fraction of sp³-hybridized carbons (Fsp3) is 0.385. The summed E-state index contributed by atoms with van der Waals surface area (Å²) in [6.07, 6.45) is -1.29. The van der Waals surface area contributed by atoms with E-state index in [0.717, 1.165) is 6.92 Å². The second-order valence-corrected chi connectivity index (χ2v) is 6.86. The maximum Gasteiger partial charge on any atom is 0.459 e. The molecule has 0 saturated carbocycles. The van der Waals surface area contributed by atoms with Crippen LogP contribution in [0.4, 0.5) is 4.79 Å². The van der Waals surface area contributed by atoms with Crippen LogP contribution in [-0.4, -0.2) is 30.5 Å². The first kappa shape index (κ1) is 17.0. The Labute approximate surface area is 123 Å². The maximum absolute atomic E-state index is 12.3. The minimum Gasteiger partial charge on any atom is -0.441 e. The van der Waals surface area contributed by atoms with E-state index in [2.05, 4.69) is 4.84 Å². The highest BCUT2D eigenvalue weighted by Crippen LogP contribution is 2.19. The van der Waals surface area contributed by atoms with E-state index in [-0.39, 0.29) is 9.36 Å². The number of hydrogen-bond acceptors (Lipinski definition) is 6. The fourth-order valence-corrected chi connectivity index (χ4v) is 2.42. The Morgan fingerprint density at radius 1 is 1.10 bits per heavy atom. The zero-order valence-electron chi connectivity index (χ0n) is 12.2. The Kier molecular flexibility index (Phi) is 4.95. The summed E-state index contributed by atoms with van der Waals surface area (Å²) in [6, 6.07) is 7.12. The number of carbonyl (C=O) groups is 2. The lowest BCUT2D eigenvalue weighted by Gasteiger charge is -2.25. The molecular formula is C13H17NO6S. The van der Waals surface area contributed by atoms with Gasteiger partial charge >= 0.3 is 22.1 Å². The van der Waals surface area contributed by atoms with Crippen LogP contribution < -0.4 is 0 Å². The van der Waals surface area contributed by atoms with Gasteiger partial charge in [0.25, 0.3) is 0 Å². The van der Waals surface area contributed by atoms with Crippen LogP contribution in [0.25, 0.3) is 0 Å². The van der Waals surface area contributed by atoms with Crippen molar-refractivity contribution in [3.05, 3.63) is 30.3 Å². The van der Waals surface area contributed by atoms with Gasteiger partial charge < -0.3 is 9.57 Å². The first-order chi connectivity index (χ1) is 9.54. The van der Waals surface area contributed by atoms with Gasteiger partial charge in [0.15, 0.2) is 0 Å². The molecule has 0 aromatic heterocycles. The number of hydroxylamine groups is 1. The van der Waals surface area contributed by atoms with Crippen molar-refractivity contribution in [2.24, 2.45) is 0 Å². The lowest BCUT2D eigenvalue weighted by atomic mass is 10.2. The topological polar surface area (TPSA) is 90.0 Å². The van der Waals surface area contributed by atoms with Gasteiger partial charge in [-0.2, -0.15) is 8.42 Å². The number of benzene rings is 1. The molecule has 0 unspecified atom stereocenters. The number of rotatable bonds is 2. The summed E-state index contributed by atoms with van der Waals surface area (Å²) in [5, 5.41) is 0. The average molecular weight is 315 g/mol. The molecule has 0 aliphatic heterocycles. The van der Waals surface area contributed by atoms with E-state index in [1.165, 1.54) is 24.3 Å². The molecule has 1 aromatic carbocycles. The SMILES string of the molecule is CC(=O)ON(C(=O)OC(C)(C)C)S(=O)(=O)c1ccccc1. The summed E-state index contributed by atoms with van der Waals surface area (Å²) in [5.74, 6) is -0.958. The van der Waals surface area contributed by atoms with E-state index in [1.807, 2.05) is 0 Å². The molecule has 116 valence electrons. The Balaban J connectivity index is 3.19. The predicted molar refractivity (Wildman–Crippen MR) is 73.5 cm³/mol. The van der Waals surface area contributed by atoms with Crippen LogP contribution in [0.5, 0.6) is 0 Å². The van der Waals surface area contributed by atoms with Gasteiger partial charge in [-0.25, -0.2) is 9.59 Å². The second-order valence-electron chi connectivity index (χ2n) is 5.11. The van der Waals surface area contributed by atoms with Crippen molar-refractivity contribution in [1.29, 1.82) is 0 Å². The highest BCUT2D eigenvalue weighted by atomic mass is 32.2. The van der Waals surface area contributed by atoms with Crippen molar-refractivity contribution >= 4 is 22.1 Å². The lowest BCUT2D eigenvalue weighted by molar-refractivity contribution is -0.164. The van der Waals surface area contributed by atoms with E-state index in [9.17, 15) is 18.0 Å². The molecule has 0 heterocycles. The van der Waals surface area contributed by atoms with Gasteiger partial charge in [0.2, 0.25) is 0 Å². The van der Waals surface area contributed by atoms with Crippen LogP contribution >= 0.6 is 0 Å². The van der Waals surface area contributed by atoms with Crippen molar-refractivity contribution < 1.29 is 27.6 Å². The Hall–Kier alpha value is -2.09. The maximum atomic E-state index is 12.3. The van der Waals surface area contributed by atoms with Crippen molar-refractivity contribution in [2.75, 3.05) is 0 Å². The van der Waals surface area contributed by atoms with Crippen LogP contribution in [-0.2, 0) is 24.4 Å². The highest BCUT2D eigenvalue weighted by Gasteiger charge is 2.36. The molecular weight excluding hydrogens is 298 g/mol. The fourth-order valence-electron chi connectivity index (χ4n) is 1.29. The molecule has 0 spiro atoms.